The Kier molecular flexibility index (Phi) is 6.94. The fourth-order valence-corrected chi connectivity index (χ4v) is 3.78. The van der Waals surface area contributed by atoms with Crippen molar-refractivity contribution in [1.29, 1.82) is 0 Å². The molecule has 2 aromatic carbocycles. The maximum Gasteiger partial charge on any atom is 0.227 e. The summed E-state index contributed by atoms with van der Waals surface area (Å²) in [5, 5.41) is 6.99. The lowest BCUT2D eigenvalue weighted by atomic mass is 10.1. The van der Waals surface area contributed by atoms with E-state index in [1.54, 1.807) is 7.11 Å². The first-order valence-electron chi connectivity index (χ1n) is 10.8. The molecule has 1 aliphatic heterocycles. The highest BCUT2D eigenvalue weighted by molar-refractivity contribution is 5.90. The number of likely N-dealkylation sites (tertiary alicyclic amines) is 1. The molecule has 162 valence electrons. The first kappa shape index (κ1) is 21.1. The molecule has 0 atom stereocenters. The lowest BCUT2D eigenvalue weighted by Gasteiger charge is -2.26. The van der Waals surface area contributed by atoms with Crippen LogP contribution in [0.5, 0.6) is 5.75 Å². The number of hydrogen-bond donors (Lipinski definition) is 1. The highest BCUT2D eigenvalue weighted by Crippen LogP contribution is 2.20. The van der Waals surface area contributed by atoms with Gasteiger partial charge < -0.3 is 14.6 Å². The number of aryl methyl sites for hydroxylation is 1. The number of ether oxygens (including phenoxy) is 1. The second kappa shape index (κ2) is 10.2. The number of rotatable bonds is 8. The molecule has 7 nitrogen and oxygen atoms in total. The summed E-state index contributed by atoms with van der Waals surface area (Å²) in [6.07, 6.45) is 4.54. The predicted octanol–water partition coefficient (Wildman–Crippen LogP) is 4.30. The molecular weight excluding hydrogens is 392 g/mol. The molecule has 0 aliphatic carbocycles. The number of carbonyl (C=O) groups excluding carboxylic acids is 1. The summed E-state index contributed by atoms with van der Waals surface area (Å²) in [5.74, 6) is 1.65. The molecule has 7 heteroatoms. The minimum Gasteiger partial charge on any atom is -0.497 e. The molecule has 0 radical (unpaired) electrons. The van der Waals surface area contributed by atoms with Crippen LogP contribution in [0.15, 0.2) is 53.1 Å². The van der Waals surface area contributed by atoms with E-state index in [4.69, 9.17) is 9.26 Å². The number of nitrogens with one attached hydrogen (secondary N) is 1. The van der Waals surface area contributed by atoms with E-state index in [-0.39, 0.29) is 12.3 Å². The Morgan fingerprint density at radius 2 is 1.94 bits per heavy atom. The van der Waals surface area contributed by atoms with Crippen LogP contribution in [-0.4, -0.2) is 41.1 Å². The van der Waals surface area contributed by atoms with Crippen molar-refractivity contribution in [3.8, 4) is 17.1 Å². The van der Waals surface area contributed by atoms with Gasteiger partial charge in [0.2, 0.25) is 17.6 Å². The molecule has 31 heavy (non-hydrogen) atoms. The number of anilines is 1. The van der Waals surface area contributed by atoms with E-state index in [1.807, 2.05) is 36.4 Å². The lowest BCUT2D eigenvalue weighted by molar-refractivity contribution is -0.116. The van der Waals surface area contributed by atoms with Crippen molar-refractivity contribution in [2.75, 3.05) is 25.5 Å². The molecule has 1 saturated heterocycles. The number of hydrogen-bond acceptors (Lipinski definition) is 6. The van der Waals surface area contributed by atoms with E-state index in [0.29, 0.717) is 18.1 Å². The number of aromatic nitrogens is 2. The molecular formula is C24H28N4O3. The number of piperidine rings is 1. The number of nitrogens with zero attached hydrogens (tertiary/aromatic N) is 3. The third kappa shape index (κ3) is 5.92. The largest absolute Gasteiger partial charge is 0.497 e. The van der Waals surface area contributed by atoms with Crippen molar-refractivity contribution >= 4 is 11.6 Å². The van der Waals surface area contributed by atoms with E-state index in [0.717, 1.165) is 36.6 Å². The molecule has 0 saturated carbocycles. The first-order chi connectivity index (χ1) is 15.2. The summed E-state index contributed by atoms with van der Waals surface area (Å²) in [6.45, 7) is 3.23. The summed E-state index contributed by atoms with van der Waals surface area (Å²) in [6, 6.07) is 15.5. The Hall–Kier alpha value is -3.19. The minimum absolute atomic E-state index is 0.0701. The van der Waals surface area contributed by atoms with Crippen molar-refractivity contribution in [2.45, 2.75) is 38.6 Å². The van der Waals surface area contributed by atoms with E-state index in [2.05, 4.69) is 32.5 Å². The van der Waals surface area contributed by atoms with E-state index in [9.17, 15) is 4.79 Å². The quantitative estimate of drug-likeness (QED) is 0.585. The second-order valence-electron chi connectivity index (χ2n) is 7.83. The third-order valence-electron chi connectivity index (χ3n) is 5.45. The standard InChI is InChI=1S/C24H28N4O3/c1-30-21-10-8-19(9-11-21)24-26-23(31-27-24)13-12-22(29)25-20-7-5-6-18(16-20)17-28-14-3-2-4-15-28/h5-11,16H,2-4,12-15,17H2,1H3,(H,25,29). The summed E-state index contributed by atoms with van der Waals surface area (Å²) in [5.41, 5.74) is 2.88. The van der Waals surface area contributed by atoms with Gasteiger partial charge in [0.15, 0.2) is 0 Å². The minimum atomic E-state index is -0.0701. The van der Waals surface area contributed by atoms with E-state index >= 15 is 0 Å². The summed E-state index contributed by atoms with van der Waals surface area (Å²) >= 11 is 0. The molecule has 0 bridgehead atoms. The SMILES string of the molecule is COc1ccc(-c2noc(CCC(=O)Nc3cccc(CN4CCCCC4)c3)n2)cc1. The normalized spacial score (nSPS) is 14.4. The van der Waals surface area contributed by atoms with Gasteiger partial charge in [0.1, 0.15) is 5.75 Å². The van der Waals surface area contributed by atoms with Gasteiger partial charge in [-0.1, -0.05) is 23.7 Å². The average Bonchev–Trinajstić information content (AvgIpc) is 3.28. The maximum atomic E-state index is 12.4. The molecule has 1 N–H and O–H groups in total. The number of methoxy groups -OCH3 is 1. The zero-order valence-electron chi connectivity index (χ0n) is 17.8. The fraction of sp³-hybridized carbons (Fsp3) is 0.375. The van der Waals surface area contributed by atoms with E-state index in [1.165, 1.54) is 24.8 Å². The zero-order valence-corrected chi connectivity index (χ0v) is 17.8. The van der Waals surface area contributed by atoms with E-state index < -0.39 is 0 Å². The van der Waals surface area contributed by atoms with Crippen LogP contribution in [0.1, 0.15) is 37.1 Å². The monoisotopic (exact) mass is 420 g/mol. The first-order valence-corrected chi connectivity index (χ1v) is 10.8. The summed E-state index contributed by atoms with van der Waals surface area (Å²) in [7, 11) is 1.62. The van der Waals surface area contributed by atoms with Crippen molar-refractivity contribution in [3.05, 3.63) is 60.0 Å². The molecule has 0 unspecified atom stereocenters. The molecule has 3 aromatic rings. The van der Waals surface area contributed by atoms with Gasteiger partial charge in [-0.15, -0.1) is 0 Å². The van der Waals surface area contributed by atoms with Gasteiger partial charge in [-0.3, -0.25) is 9.69 Å². The maximum absolute atomic E-state index is 12.4. The van der Waals surface area contributed by atoms with Crippen molar-refractivity contribution in [2.24, 2.45) is 0 Å². The predicted molar refractivity (Wildman–Crippen MR) is 119 cm³/mol. The van der Waals surface area contributed by atoms with Gasteiger partial charge in [-0.2, -0.15) is 4.98 Å². The molecule has 2 heterocycles. The topological polar surface area (TPSA) is 80.5 Å². The summed E-state index contributed by atoms with van der Waals surface area (Å²) in [4.78, 5) is 19.3. The average molecular weight is 421 g/mol. The van der Waals surface area contributed by atoms with Crippen LogP contribution >= 0.6 is 0 Å². The van der Waals surface area contributed by atoms with Crippen LogP contribution in [0.4, 0.5) is 5.69 Å². The smallest absolute Gasteiger partial charge is 0.227 e. The Morgan fingerprint density at radius 1 is 1.13 bits per heavy atom. The Morgan fingerprint density at radius 3 is 2.71 bits per heavy atom. The van der Waals surface area contributed by atoms with Crippen LogP contribution in [0.25, 0.3) is 11.4 Å². The van der Waals surface area contributed by atoms with Gasteiger partial charge in [-0.25, -0.2) is 0 Å². The van der Waals surface area contributed by atoms with Crippen LogP contribution in [0.2, 0.25) is 0 Å². The summed E-state index contributed by atoms with van der Waals surface area (Å²) < 4.78 is 10.5. The number of amides is 1. The van der Waals surface area contributed by atoms with Crippen LogP contribution < -0.4 is 10.1 Å². The molecule has 1 aromatic heterocycles. The van der Waals surface area contributed by atoms with Crippen molar-refractivity contribution in [1.82, 2.24) is 15.0 Å². The highest BCUT2D eigenvalue weighted by Gasteiger charge is 2.13. The molecule has 1 amide bonds. The van der Waals surface area contributed by atoms with Gasteiger partial charge in [-0.05, 0) is 67.9 Å². The van der Waals surface area contributed by atoms with Crippen LogP contribution in [-0.2, 0) is 17.8 Å². The van der Waals surface area contributed by atoms with Crippen LogP contribution in [0.3, 0.4) is 0 Å². The van der Waals surface area contributed by atoms with Gasteiger partial charge >= 0.3 is 0 Å². The molecule has 4 rings (SSSR count). The molecule has 1 aliphatic rings. The highest BCUT2D eigenvalue weighted by atomic mass is 16.5. The zero-order chi connectivity index (χ0) is 21.5. The molecule has 1 fully saturated rings. The fourth-order valence-electron chi connectivity index (χ4n) is 3.78. The third-order valence-corrected chi connectivity index (χ3v) is 5.45. The van der Waals surface area contributed by atoms with Gasteiger partial charge in [0, 0.05) is 30.6 Å². The van der Waals surface area contributed by atoms with Gasteiger partial charge in [0.05, 0.1) is 7.11 Å². The van der Waals surface area contributed by atoms with Crippen molar-refractivity contribution < 1.29 is 14.1 Å². The molecule has 0 spiro atoms. The second-order valence-corrected chi connectivity index (χ2v) is 7.83. The lowest BCUT2D eigenvalue weighted by Crippen LogP contribution is -2.29. The Balaban J connectivity index is 1.28. The Bertz CT molecular complexity index is 994. The Labute approximate surface area is 182 Å². The number of benzene rings is 2. The van der Waals surface area contributed by atoms with Gasteiger partial charge in [0.25, 0.3) is 0 Å². The number of carbonyl (C=O) groups is 1. The van der Waals surface area contributed by atoms with Crippen molar-refractivity contribution in [3.63, 3.8) is 0 Å². The van der Waals surface area contributed by atoms with Crippen LogP contribution in [0, 0.1) is 0 Å².